The van der Waals surface area contributed by atoms with Crippen molar-refractivity contribution in [2.75, 3.05) is 19.6 Å². The zero-order chi connectivity index (χ0) is 18.4. The van der Waals surface area contributed by atoms with Crippen molar-refractivity contribution in [1.82, 2.24) is 24.5 Å². The molecule has 0 spiro atoms. The molecule has 0 radical (unpaired) electrons. The zero-order valence-corrected chi connectivity index (χ0v) is 15.4. The van der Waals surface area contributed by atoms with Crippen molar-refractivity contribution in [3.63, 3.8) is 0 Å². The number of aromatic nitrogens is 4. The smallest absolute Gasteiger partial charge is 0.252 e. The molecule has 5 nitrogen and oxygen atoms in total. The Labute approximate surface area is 157 Å². The fourth-order valence-corrected chi connectivity index (χ4v) is 4.45. The predicted molar refractivity (Wildman–Crippen MR) is 102 cm³/mol. The fourth-order valence-electron chi connectivity index (χ4n) is 4.45. The monoisotopic (exact) mass is 363 g/mol. The molecule has 1 fully saturated rings. The second kappa shape index (κ2) is 6.53. The van der Waals surface area contributed by atoms with Crippen molar-refractivity contribution in [3.8, 4) is 0 Å². The standard InChI is InChI=1S/C21H22FN5/c1-14-9-20(27-21(25-14)23-13-24-27)17-3-2-8-26(12-17)11-16-5-4-15-6-7-18(22)10-19(15)16/h5-7,9-10,13,17H,2-4,8,11-12H2,1H3. The highest BCUT2D eigenvalue weighted by Crippen LogP contribution is 2.32. The van der Waals surface area contributed by atoms with Gasteiger partial charge in [-0.15, -0.1) is 0 Å². The van der Waals surface area contributed by atoms with Gasteiger partial charge in [0.2, 0.25) is 0 Å². The lowest BCUT2D eigenvalue weighted by Crippen LogP contribution is -2.36. The highest BCUT2D eigenvalue weighted by Gasteiger charge is 2.26. The second-order valence-electron chi connectivity index (χ2n) is 7.60. The number of benzene rings is 1. The van der Waals surface area contributed by atoms with Crippen molar-refractivity contribution in [3.05, 3.63) is 65.0 Å². The first-order valence-corrected chi connectivity index (χ1v) is 9.55. The number of nitrogens with zero attached hydrogens (tertiary/aromatic N) is 5. The Morgan fingerprint density at radius 2 is 2.19 bits per heavy atom. The van der Waals surface area contributed by atoms with Gasteiger partial charge in [-0.2, -0.15) is 10.1 Å². The van der Waals surface area contributed by atoms with Crippen LogP contribution in [0.2, 0.25) is 0 Å². The molecule has 6 heteroatoms. The normalized spacial score (nSPS) is 20.1. The van der Waals surface area contributed by atoms with Gasteiger partial charge in [0.15, 0.2) is 0 Å². The molecule has 27 heavy (non-hydrogen) atoms. The fraction of sp³-hybridized carbons (Fsp3) is 0.381. The molecule has 3 heterocycles. The number of allylic oxidation sites excluding steroid dienone is 1. The summed E-state index contributed by atoms with van der Waals surface area (Å²) in [5, 5.41) is 4.37. The predicted octanol–water partition coefficient (Wildman–Crippen LogP) is 3.39. The molecular weight excluding hydrogens is 341 g/mol. The Balaban J connectivity index is 1.38. The molecule has 0 N–H and O–H groups in total. The summed E-state index contributed by atoms with van der Waals surface area (Å²) in [6.45, 7) is 4.93. The van der Waals surface area contributed by atoms with Crippen LogP contribution < -0.4 is 0 Å². The van der Waals surface area contributed by atoms with Gasteiger partial charge < -0.3 is 0 Å². The largest absolute Gasteiger partial charge is 0.298 e. The van der Waals surface area contributed by atoms with Crippen LogP contribution in [0.15, 0.2) is 36.7 Å². The molecule has 1 atom stereocenters. The molecule has 1 unspecified atom stereocenters. The molecule has 1 aromatic carbocycles. The van der Waals surface area contributed by atoms with Gasteiger partial charge >= 0.3 is 0 Å². The first-order chi connectivity index (χ1) is 13.2. The topological polar surface area (TPSA) is 46.3 Å². The summed E-state index contributed by atoms with van der Waals surface area (Å²) in [5.74, 6) is 0.919. The molecule has 0 saturated carbocycles. The number of piperidine rings is 1. The van der Waals surface area contributed by atoms with Crippen LogP contribution in [0.1, 0.15) is 41.3 Å². The van der Waals surface area contributed by atoms with Crippen molar-refractivity contribution in [2.45, 2.75) is 32.1 Å². The van der Waals surface area contributed by atoms with Gasteiger partial charge in [-0.1, -0.05) is 12.1 Å². The maximum atomic E-state index is 13.7. The molecule has 3 aromatic rings. The number of likely N-dealkylation sites (tertiary alicyclic amines) is 1. The first-order valence-electron chi connectivity index (χ1n) is 9.55. The number of rotatable bonds is 3. The lowest BCUT2D eigenvalue weighted by Gasteiger charge is -2.33. The van der Waals surface area contributed by atoms with Crippen LogP contribution in [-0.4, -0.2) is 44.1 Å². The number of hydrogen-bond donors (Lipinski definition) is 0. The second-order valence-corrected chi connectivity index (χ2v) is 7.60. The third-order valence-electron chi connectivity index (χ3n) is 5.71. The molecule has 5 rings (SSSR count). The molecule has 1 aliphatic heterocycles. The van der Waals surface area contributed by atoms with Gasteiger partial charge in [0, 0.05) is 24.7 Å². The van der Waals surface area contributed by atoms with E-state index in [1.165, 1.54) is 16.8 Å². The molecule has 2 aromatic heterocycles. The van der Waals surface area contributed by atoms with Crippen LogP contribution in [-0.2, 0) is 6.42 Å². The summed E-state index contributed by atoms with van der Waals surface area (Å²) in [7, 11) is 0. The Hall–Kier alpha value is -2.60. The zero-order valence-electron chi connectivity index (χ0n) is 15.4. The van der Waals surface area contributed by atoms with Crippen LogP contribution in [0.4, 0.5) is 4.39 Å². The van der Waals surface area contributed by atoms with Gasteiger partial charge in [-0.25, -0.2) is 13.9 Å². The number of halogens is 1. The van der Waals surface area contributed by atoms with Gasteiger partial charge in [0.1, 0.15) is 12.1 Å². The third kappa shape index (κ3) is 3.04. The number of hydrogen-bond acceptors (Lipinski definition) is 4. The molecule has 1 saturated heterocycles. The van der Waals surface area contributed by atoms with E-state index in [-0.39, 0.29) is 5.82 Å². The Kier molecular flexibility index (Phi) is 4.01. The third-order valence-corrected chi connectivity index (χ3v) is 5.71. The molecule has 2 aliphatic rings. The van der Waals surface area contributed by atoms with E-state index in [1.807, 2.05) is 17.5 Å². The van der Waals surface area contributed by atoms with E-state index in [9.17, 15) is 4.39 Å². The molecule has 0 amide bonds. The lowest BCUT2D eigenvalue weighted by molar-refractivity contribution is 0.227. The van der Waals surface area contributed by atoms with Gasteiger partial charge in [0.05, 0.1) is 5.69 Å². The van der Waals surface area contributed by atoms with Gasteiger partial charge in [-0.3, -0.25) is 4.90 Å². The maximum Gasteiger partial charge on any atom is 0.252 e. The lowest BCUT2D eigenvalue weighted by atomic mass is 9.93. The summed E-state index contributed by atoms with van der Waals surface area (Å²) in [6.07, 6.45) is 7.01. The number of aryl methyl sites for hydroxylation is 1. The first kappa shape index (κ1) is 16.6. The summed E-state index contributed by atoms with van der Waals surface area (Å²) < 4.78 is 15.6. The SMILES string of the molecule is Cc1cc(C2CCCN(CC3=CCc4ccc(F)cc43)C2)n2ncnc2n1. The van der Waals surface area contributed by atoms with Crippen molar-refractivity contribution in [1.29, 1.82) is 0 Å². The van der Waals surface area contributed by atoms with Crippen LogP contribution >= 0.6 is 0 Å². The van der Waals surface area contributed by atoms with Crippen molar-refractivity contribution < 1.29 is 4.39 Å². The average molecular weight is 363 g/mol. The Morgan fingerprint density at radius 1 is 1.26 bits per heavy atom. The Bertz CT molecular complexity index is 1040. The molecule has 1 aliphatic carbocycles. The van der Waals surface area contributed by atoms with Gasteiger partial charge in [-0.05, 0) is 67.6 Å². The van der Waals surface area contributed by atoms with E-state index in [1.54, 1.807) is 18.5 Å². The summed E-state index contributed by atoms with van der Waals surface area (Å²) >= 11 is 0. The minimum atomic E-state index is -0.154. The van der Waals surface area contributed by atoms with Crippen molar-refractivity contribution >= 4 is 11.4 Å². The van der Waals surface area contributed by atoms with Crippen molar-refractivity contribution in [2.24, 2.45) is 0 Å². The molecule has 138 valence electrons. The highest BCUT2D eigenvalue weighted by molar-refractivity contribution is 5.74. The van der Waals surface area contributed by atoms with E-state index in [0.717, 1.165) is 50.2 Å². The maximum absolute atomic E-state index is 13.7. The highest BCUT2D eigenvalue weighted by atomic mass is 19.1. The minimum absolute atomic E-state index is 0.154. The summed E-state index contributed by atoms with van der Waals surface area (Å²) in [5.41, 5.74) is 5.73. The van der Waals surface area contributed by atoms with Crippen LogP contribution in [0.5, 0.6) is 0 Å². The van der Waals surface area contributed by atoms with Crippen LogP contribution in [0, 0.1) is 12.7 Å². The van der Waals surface area contributed by atoms with Crippen LogP contribution in [0.25, 0.3) is 11.4 Å². The van der Waals surface area contributed by atoms with E-state index in [0.29, 0.717) is 11.7 Å². The Morgan fingerprint density at radius 3 is 3.11 bits per heavy atom. The minimum Gasteiger partial charge on any atom is -0.298 e. The van der Waals surface area contributed by atoms with E-state index in [2.05, 4.69) is 32.1 Å². The van der Waals surface area contributed by atoms with Gasteiger partial charge in [0.25, 0.3) is 5.78 Å². The summed E-state index contributed by atoms with van der Waals surface area (Å²) in [6, 6.07) is 7.28. The molecule has 0 bridgehead atoms. The average Bonchev–Trinajstić information content (AvgIpc) is 3.28. The number of fused-ring (bicyclic) bond motifs is 2. The van der Waals surface area contributed by atoms with E-state index < -0.39 is 0 Å². The van der Waals surface area contributed by atoms with E-state index >= 15 is 0 Å². The quantitative estimate of drug-likeness (QED) is 0.716. The summed E-state index contributed by atoms with van der Waals surface area (Å²) in [4.78, 5) is 11.2. The van der Waals surface area contributed by atoms with E-state index in [4.69, 9.17) is 0 Å². The molecular formula is C21H22FN5. The van der Waals surface area contributed by atoms with Crippen LogP contribution in [0.3, 0.4) is 0 Å².